The summed E-state index contributed by atoms with van der Waals surface area (Å²) in [4.78, 5) is 0. The third-order valence-electron chi connectivity index (χ3n) is 3.56. The van der Waals surface area contributed by atoms with Crippen molar-refractivity contribution < 1.29 is 0 Å². The highest BCUT2D eigenvalue weighted by atomic mass is 14.2. The Morgan fingerprint density at radius 2 is 1.83 bits per heavy atom. The van der Waals surface area contributed by atoms with E-state index in [9.17, 15) is 0 Å². The zero-order valence-electron chi connectivity index (χ0n) is 11.4. The van der Waals surface area contributed by atoms with E-state index in [1.807, 2.05) is 0 Å². The summed E-state index contributed by atoms with van der Waals surface area (Å²) in [7, 11) is 0. The van der Waals surface area contributed by atoms with E-state index in [-0.39, 0.29) is 0 Å². The largest absolute Gasteiger partial charge is 0.0836 e. The Kier molecular flexibility index (Phi) is 5.26. The van der Waals surface area contributed by atoms with Gasteiger partial charge < -0.3 is 0 Å². The maximum atomic E-state index is 2.28. The van der Waals surface area contributed by atoms with Crippen LogP contribution in [0.4, 0.5) is 0 Å². The van der Waals surface area contributed by atoms with Gasteiger partial charge in [0.05, 0.1) is 0 Å². The summed E-state index contributed by atoms with van der Waals surface area (Å²) >= 11 is 0. The Morgan fingerprint density at radius 1 is 1.00 bits per heavy atom. The Morgan fingerprint density at radius 3 is 2.61 bits per heavy atom. The fourth-order valence-electron chi connectivity index (χ4n) is 2.52. The number of benzene rings is 1. The van der Waals surface area contributed by atoms with Gasteiger partial charge in [-0.1, -0.05) is 81.2 Å². The predicted molar refractivity (Wildman–Crippen MR) is 80.2 cm³/mol. The lowest BCUT2D eigenvalue weighted by Crippen LogP contribution is -2.03. The minimum Gasteiger partial charge on any atom is -0.0836 e. The second-order valence-corrected chi connectivity index (χ2v) is 4.99. The highest BCUT2D eigenvalue weighted by Gasteiger charge is 2.16. The van der Waals surface area contributed by atoms with Gasteiger partial charge in [-0.15, -0.1) is 0 Å². The van der Waals surface area contributed by atoms with Crippen molar-refractivity contribution in [3.05, 3.63) is 60.0 Å². The lowest BCUT2D eigenvalue weighted by molar-refractivity contribution is 0.644. The van der Waals surface area contributed by atoms with Crippen molar-refractivity contribution in [1.82, 2.24) is 0 Å². The first-order chi connectivity index (χ1) is 8.92. The second-order valence-electron chi connectivity index (χ2n) is 4.99. The molecule has 0 atom stereocenters. The second kappa shape index (κ2) is 7.20. The zero-order chi connectivity index (χ0) is 12.6. The Hall–Kier alpha value is -1.30. The Bertz CT molecular complexity index is 397. The van der Waals surface area contributed by atoms with Crippen LogP contribution in [0.25, 0.3) is 5.57 Å². The summed E-state index contributed by atoms with van der Waals surface area (Å²) in [6.07, 6.45) is 14.5. The molecule has 1 aromatic carbocycles. The molecule has 0 aliphatic heterocycles. The van der Waals surface area contributed by atoms with Crippen molar-refractivity contribution in [2.45, 2.75) is 45.4 Å². The minimum atomic E-state index is 1.13. The van der Waals surface area contributed by atoms with Gasteiger partial charge in [-0.3, -0.25) is 0 Å². The molecular weight excluding hydrogens is 216 g/mol. The number of hydrogen-bond donors (Lipinski definition) is 0. The molecule has 2 rings (SSSR count). The van der Waals surface area contributed by atoms with E-state index >= 15 is 0 Å². The van der Waals surface area contributed by atoms with Crippen LogP contribution in [0, 0.1) is 5.92 Å². The molecule has 0 nitrogen and oxygen atoms in total. The molecule has 0 spiro atoms. The van der Waals surface area contributed by atoms with Crippen LogP contribution in [0.3, 0.4) is 0 Å². The number of allylic oxidation sites excluding steroid dienone is 4. The third-order valence-corrected chi connectivity index (χ3v) is 3.56. The van der Waals surface area contributed by atoms with Crippen molar-refractivity contribution >= 4 is 5.57 Å². The molecule has 0 amide bonds. The van der Waals surface area contributed by atoms with Gasteiger partial charge in [0.1, 0.15) is 0 Å². The van der Waals surface area contributed by atoms with Crippen LogP contribution in [0.5, 0.6) is 0 Å². The quantitative estimate of drug-likeness (QED) is 0.569. The maximum absolute atomic E-state index is 2.28. The molecule has 0 saturated heterocycles. The highest BCUT2D eigenvalue weighted by molar-refractivity contribution is 5.78. The van der Waals surface area contributed by atoms with Crippen LogP contribution in [-0.4, -0.2) is 0 Å². The fraction of sp³-hybridized carbons (Fsp3) is 0.389. The molecule has 18 heavy (non-hydrogen) atoms. The van der Waals surface area contributed by atoms with Crippen molar-refractivity contribution in [2.24, 2.45) is 0 Å². The molecule has 0 N–H and O–H groups in total. The predicted octanol–water partition coefficient (Wildman–Crippen LogP) is 5.57. The summed E-state index contributed by atoms with van der Waals surface area (Å²) in [5, 5.41) is 0. The van der Waals surface area contributed by atoms with Crippen molar-refractivity contribution in [3.8, 4) is 0 Å². The normalized spacial score (nSPS) is 15.7. The average molecular weight is 239 g/mol. The van der Waals surface area contributed by atoms with Crippen molar-refractivity contribution in [1.29, 1.82) is 0 Å². The lowest BCUT2D eigenvalue weighted by atomic mass is 9.83. The number of unbranched alkanes of at least 4 members (excludes halogenated alkanes) is 3. The van der Waals surface area contributed by atoms with Gasteiger partial charge in [0, 0.05) is 5.92 Å². The van der Waals surface area contributed by atoms with Gasteiger partial charge in [-0.2, -0.15) is 0 Å². The molecule has 1 radical (unpaired) electrons. The number of rotatable bonds is 6. The molecule has 0 aromatic heterocycles. The van der Waals surface area contributed by atoms with Crippen LogP contribution in [0.15, 0.2) is 48.6 Å². The molecule has 0 fully saturated rings. The van der Waals surface area contributed by atoms with Crippen LogP contribution in [0.2, 0.25) is 0 Å². The maximum Gasteiger partial charge on any atom is 0.00934 e. The summed E-state index contributed by atoms with van der Waals surface area (Å²) in [5.41, 5.74) is 2.82. The van der Waals surface area contributed by atoms with Crippen molar-refractivity contribution in [2.75, 3.05) is 0 Å². The smallest absolute Gasteiger partial charge is 0.00934 e. The molecule has 1 aliphatic carbocycles. The van der Waals surface area contributed by atoms with Crippen LogP contribution < -0.4 is 0 Å². The lowest BCUT2D eigenvalue weighted by Gasteiger charge is -2.21. The molecule has 0 heterocycles. The van der Waals surface area contributed by atoms with Gasteiger partial charge in [0.2, 0.25) is 0 Å². The zero-order valence-corrected chi connectivity index (χ0v) is 11.4. The summed E-state index contributed by atoms with van der Waals surface area (Å²) < 4.78 is 0. The van der Waals surface area contributed by atoms with Crippen LogP contribution >= 0.6 is 0 Å². The molecule has 1 aliphatic rings. The summed E-state index contributed by atoms with van der Waals surface area (Å²) in [6.45, 7) is 2.27. The van der Waals surface area contributed by atoms with E-state index in [0.717, 1.165) is 6.42 Å². The van der Waals surface area contributed by atoms with Gasteiger partial charge in [0.25, 0.3) is 0 Å². The summed E-state index contributed by atoms with van der Waals surface area (Å²) in [5.74, 6) is 1.61. The molecule has 0 heteroatoms. The monoisotopic (exact) mass is 239 g/mol. The first-order valence-corrected chi connectivity index (χ1v) is 7.19. The van der Waals surface area contributed by atoms with E-state index in [1.54, 1.807) is 5.92 Å². The van der Waals surface area contributed by atoms with Gasteiger partial charge >= 0.3 is 0 Å². The molecular formula is C18H23. The fourth-order valence-corrected chi connectivity index (χ4v) is 2.52. The molecule has 95 valence electrons. The standard InChI is InChI=1S/C18H23/c1-2-3-4-6-11-17-14-9-10-15-18(17)16-12-7-5-8-13-16/h5,7-10,12-13,15H,2-4,6,11,14H2,1H3. The summed E-state index contributed by atoms with van der Waals surface area (Å²) in [6, 6.07) is 10.8. The van der Waals surface area contributed by atoms with Gasteiger partial charge in [-0.25, -0.2) is 0 Å². The molecule has 1 aromatic rings. The minimum absolute atomic E-state index is 1.13. The first-order valence-electron chi connectivity index (χ1n) is 7.19. The van der Waals surface area contributed by atoms with E-state index in [1.165, 1.54) is 43.2 Å². The van der Waals surface area contributed by atoms with E-state index < -0.39 is 0 Å². The van der Waals surface area contributed by atoms with Gasteiger partial charge in [-0.05, 0) is 24.0 Å². The highest BCUT2D eigenvalue weighted by Crippen LogP contribution is 2.35. The Labute approximate surface area is 111 Å². The topological polar surface area (TPSA) is 0 Å². The average Bonchev–Trinajstić information content (AvgIpc) is 2.45. The molecule has 0 saturated carbocycles. The first kappa shape index (κ1) is 13.1. The van der Waals surface area contributed by atoms with Crippen LogP contribution in [-0.2, 0) is 0 Å². The van der Waals surface area contributed by atoms with Gasteiger partial charge in [0.15, 0.2) is 0 Å². The molecule has 0 bridgehead atoms. The van der Waals surface area contributed by atoms with E-state index in [2.05, 4.69) is 55.5 Å². The van der Waals surface area contributed by atoms with E-state index in [4.69, 9.17) is 0 Å². The SMILES string of the molecule is CCCCCC[C]1CC=CC=C1c1ccccc1. The van der Waals surface area contributed by atoms with Crippen molar-refractivity contribution in [3.63, 3.8) is 0 Å². The third kappa shape index (κ3) is 3.60. The Balaban J connectivity index is 1.98. The molecule has 0 unspecified atom stereocenters. The van der Waals surface area contributed by atoms with E-state index in [0.29, 0.717) is 0 Å². The number of hydrogen-bond acceptors (Lipinski definition) is 0. The van der Waals surface area contributed by atoms with Crippen LogP contribution in [0.1, 0.15) is 51.0 Å².